The largest absolute Gasteiger partial charge is 0.301 e. The lowest BCUT2D eigenvalue weighted by molar-refractivity contribution is 0.125. The van der Waals surface area contributed by atoms with Crippen LogP contribution in [0.2, 0.25) is 0 Å². The number of hydrogen-bond donors (Lipinski definition) is 1. The molecule has 0 bridgehead atoms. The van der Waals surface area contributed by atoms with Crippen LogP contribution >= 0.6 is 0 Å². The first kappa shape index (κ1) is 28.1. The molecule has 1 fully saturated rings. The van der Waals surface area contributed by atoms with Gasteiger partial charge in [-0.2, -0.15) is 0 Å². The highest BCUT2D eigenvalue weighted by molar-refractivity contribution is 7.89. The third kappa shape index (κ3) is 9.83. The van der Waals surface area contributed by atoms with Crippen LogP contribution in [-0.2, 0) is 10.0 Å². The monoisotopic (exact) mass is 501 g/mol. The zero-order chi connectivity index (χ0) is 24.9. The molecule has 1 unspecified atom stereocenters. The molecule has 1 aliphatic rings. The Kier molecular flexibility index (Phi) is 12.0. The van der Waals surface area contributed by atoms with Gasteiger partial charge in [0.05, 0.1) is 4.90 Å². The summed E-state index contributed by atoms with van der Waals surface area (Å²) >= 11 is 0. The van der Waals surface area contributed by atoms with Crippen LogP contribution in [0.15, 0.2) is 47.4 Å². The number of unbranched alkanes of at least 4 members (excludes halogenated alkanes) is 9. The third-order valence-electron chi connectivity index (χ3n) is 7.21. The summed E-state index contributed by atoms with van der Waals surface area (Å²) in [6.07, 6.45) is 13.8. The molecule has 0 radical (unpaired) electrons. The molecular weight excluding hydrogens is 454 g/mol. The normalized spacial score (nSPS) is 16.6. The van der Waals surface area contributed by atoms with Gasteiger partial charge in [-0.1, -0.05) is 95.0 Å². The summed E-state index contributed by atoms with van der Waals surface area (Å²) in [5, 5.41) is 2.00. The van der Waals surface area contributed by atoms with Gasteiger partial charge in [0.2, 0.25) is 10.0 Å². The van der Waals surface area contributed by atoms with Gasteiger partial charge in [-0.15, -0.1) is 0 Å². The van der Waals surface area contributed by atoms with Crippen LogP contribution in [0.1, 0.15) is 78.1 Å². The first-order chi connectivity index (χ1) is 17.0. The Labute approximate surface area is 214 Å². The van der Waals surface area contributed by atoms with E-state index < -0.39 is 10.0 Å². The molecule has 3 rings (SSSR count). The van der Waals surface area contributed by atoms with Crippen molar-refractivity contribution in [3.63, 3.8) is 0 Å². The van der Waals surface area contributed by atoms with Crippen LogP contribution < -0.4 is 4.72 Å². The molecule has 1 atom stereocenters. The van der Waals surface area contributed by atoms with E-state index >= 15 is 0 Å². The lowest BCUT2D eigenvalue weighted by atomic mass is 10.1. The van der Waals surface area contributed by atoms with E-state index in [2.05, 4.69) is 21.4 Å². The summed E-state index contributed by atoms with van der Waals surface area (Å²) in [6.45, 7) is 10.4. The molecular formula is C29H47N3O2S. The van der Waals surface area contributed by atoms with Gasteiger partial charge in [0.1, 0.15) is 0 Å². The zero-order valence-electron chi connectivity index (χ0n) is 22.1. The van der Waals surface area contributed by atoms with Gasteiger partial charge >= 0.3 is 0 Å². The van der Waals surface area contributed by atoms with Crippen molar-refractivity contribution in [2.45, 2.75) is 89.0 Å². The Morgan fingerprint density at radius 1 is 0.771 bits per heavy atom. The Balaban J connectivity index is 1.29. The average Bonchev–Trinajstić information content (AvgIpc) is 2.85. The Morgan fingerprint density at radius 2 is 1.34 bits per heavy atom. The summed E-state index contributed by atoms with van der Waals surface area (Å²) in [7, 11) is -3.53. The molecule has 0 spiro atoms. The quantitative estimate of drug-likeness (QED) is 0.285. The molecule has 0 saturated carbocycles. The molecule has 196 valence electrons. The lowest BCUT2D eigenvalue weighted by Gasteiger charge is -2.36. The minimum atomic E-state index is -3.53. The second-order valence-corrected chi connectivity index (χ2v) is 12.1. The number of nitrogens with one attached hydrogen (secondary N) is 1. The van der Waals surface area contributed by atoms with E-state index in [1.807, 2.05) is 37.3 Å². The molecule has 2 aromatic carbocycles. The first-order valence-corrected chi connectivity index (χ1v) is 15.4. The molecule has 1 aliphatic heterocycles. The number of piperazine rings is 1. The molecule has 6 heteroatoms. The van der Waals surface area contributed by atoms with E-state index in [9.17, 15) is 8.42 Å². The Bertz CT molecular complexity index is 971. The van der Waals surface area contributed by atoms with Crippen LogP contribution in [0, 0.1) is 0 Å². The number of benzene rings is 2. The number of rotatable bonds is 16. The van der Waals surface area contributed by atoms with Crippen LogP contribution in [-0.4, -0.2) is 63.5 Å². The van der Waals surface area contributed by atoms with Crippen LogP contribution in [0.5, 0.6) is 0 Å². The summed E-state index contributed by atoms with van der Waals surface area (Å²) in [6, 6.07) is 13.1. The molecule has 2 aromatic rings. The molecule has 1 saturated heterocycles. The van der Waals surface area contributed by atoms with Gasteiger partial charge in [0.25, 0.3) is 0 Å². The Hall–Kier alpha value is -1.47. The number of sulfonamides is 1. The Morgan fingerprint density at radius 3 is 2.00 bits per heavy atom. The van der Waals surface area contributed by atoms with Gasteiger partial charge in [-0.25, -0.2) is 13.1 Å². The second-order valence-electron chi connectivity index (χ2n) is 10.4. The van der Waals surface area contributed by atoms with E-state index in [0.29, 0.717) is 4.90 Å². The van der Waals surface area contributed by atoms with Gasteiger partial charge in [0.15, 0.2) is 0 Å². The van der Waals surface area contributed by atoms with Crippen molar-refractivity contribution in [1.29, 1.82) is 0 Å². The maximum atomic E-state index is 12.9. The van der Waals surface area contributed by atoms with E-state index in [-0.39, 0.29) is 6.04 Å². The zero-order valence-corrected chi connectivity index (χ0v) is 22.9. The highest BCUT2D eigenvalue weighted by Crippen LogP contribution is 2.19. The summed E-state index contributed by atoms with van der Waals surface area (Å²) in [5.41, 5.74) is 0. The molecule has 0 aromatic heterocycles. The second kappa shape index (κ2) is 14.9. The standard InChI is InChI=1S/C29H47N3O2S/c1-3-4-5-6-7-8-9-10-11-14-19-31-20-22-32(23-21-31)25-26(2)30-35(33,34)29-18-17-27-15-12-13-16-28(27)24-29/h12-13,15-18,24,26,30H,3-11,14,19-23,25H2,1-2H3. The van der Waals surface area contributed by atoms with Crippen molar-refractivity contribution in [2.75, 3.05) is 39.3 Å². The molecule has 0 amide bonds. The number of hydrogen-bond acceptors (Lipinski definition) is 4. The van der Waals surface area contributed by atoms with Crippen molar-refractivity contribution in [3.05, 3.63) is 42.5 Å². The topological polar surface area (TPSA) is 52.6 Å². The molecule has 0 aliphatic carbocycles. The molecule has 1 N–H and O–H groups in total. The van der Waals surface area contributed by atoms with Gasteiger partial charge < -0.3 is 4.90 Å². The van der Waals surface area contributed by atoms with Gasteiger partial charge in [-0.3, -0.25) is 4.90 Å². The summed E-state index contributed by atoms with van der Waals surface area (Å²) in [4.78, 5) is 5.30. The van der Waals surface area contributed by atoms with Gasteiger partial charge in [-0.05, 0) is 42.8 Å². The van der Waals surface area contributed by atoms with E-state index in [1.54, 1.807) is 12.1 Å². The van der Waals surface area contributed by atoms with Crippen molar-refractivity contribution < 1.29 is 8.42 Å². The fraction of sp³-hybridized carbons (Fsp3) is 0.655. The number of nitrogens with zero attached hydrogens (tertiary/aromatic N) is 2. The van der Waals surface area contributed by atoms with E-state index in [0.717, 1.165) is 43.5 Å². The summed E-state index contributed by atoms with van der Waals surface area (Å²) < 4.78 is 28.7. The minimum Gasteiger partial charge on any atom is -0.301 e. The fourth-order valence-corrected chi connectivity index (χ4v) is 6.38. The molecule has 35 heavy (non-hydrogen) atoms. The first-order valence-electron chi connectivity index (χ1n) is 13.9. The van der Waals surface area contributed by atoms with E-state index in [1.165, 1.54) is 70.8 Å². The van der Waals surface area contributed by atoms with Crippen molar-refractivity contribution in [3.8, 4) is 0 Å². The SMILES string of the molecule is CCCCCCCCCCCCN1CCN(CC(C)NS(=O)(=O)c2ccc3ccccc3c2)CC1. The molecule has 5 nitrogen and oxygen atoms in total. The van der Waals surface area contributed by atoms with Crippen LogP contribution in [0.3, 0.4) is 0 Å². The lowest BCUT2D eigenvalue weighted by Crippen LogP contribution is -2.50. The summed E-state index contributed by atoms with van der Waals surface area (Å²) in [5.74, 6) is 0. The minimum absolute atomic E-state index is 0.125. The van der Waals surface area contributed by atoms with Crippen molar-refractivity contribution >= 4 is 20.8 Å². The third-order valence-corrected chi connectivity index (χ3v) is 8.80. The van der Waals surface area contributed by atoms with E-state index in [4.69, 9.17) is 0 Å². The van der Waals surface area contributed by atoms with Crippen LogP contribution in [0.4, 0.5) is 0 Å². The van der Waals surface area contributed by atoms with Gasteiger partial charge in [0, 0.05) is 38.8 Å². The maximum Gasteiger partial charge on any atom is 0.240 e. The predicted molar refractivity (Wildman–Crippen MR) is 148 cm³/mol. The van der Waals surface area contributed by atoms with Crippen LogP contribution in [0.25, 0.3) is 10.8 Å². The highest BCUT2D eigenvalue weighted by Gasteiger charge is 2.22. The predicted octanol–water partition coefficient (Wildman–Crippen LogP) is 6.05. The van der Waals surface area contributed by atoms with Crippen molar-refractivity contribution in [1.82, 2.24) is 14.5 Å². The highest BCUT2D eigenvalue weighted by atomic mass is 32.2. The van der Waals surface area contributed by atoms with Crippen molar-refractivity contribution in [2.24, 2.45) is 0 Å². The average molecular weight is 502 g/mol. The smallest absolute Gasteiger partial charge is 0.240 e. The maximum absolute atomic E-state index is 12.9. The number of fused-ring (bicyclic) bond motifs is 1. The fourth-order valence-electron chi connectivity index (χ4n) is 5.11. The molecule has 1 heterocycles.